The van der Waals surface area contributed by atoms with Gasteiger partial charge < -0.3 is 10.1 Å². The lowest BCUT2D eigenvalue weighted by Gasteiger charge is -2.06. The molecule has 4 heteroatoms. The van der Waals surface area contributed by atoms with Gasteiger partial charge in [-0.25, -0.2) is 0 Å². The minimum Gasteiger partial charge on any atom is -0.375 e. The fourth-order valence-corrected chi connectivity index (χ4v) is 1.90. The zero-order valence-electron chi connectivity index (χ0n) is 10.7. The molecule has 0 unspecified atom stereocenters. The maximum absolute atomic E-state index is 5.60. The van der Waals surface area contributed by atoms with E-state index in [1.807, 2.05) is 30.3 Å². The Morgan fingerprint density at radius 2 is 1.95 bits per heavy atom. The fourth-order valence-electron chi connectivity index (χ4n) is 1.63. The first-order valence-electron chi connectivity index (χ1n) is 6.27. The van der Waals surface area contributed by atoms with Crippen molar-refractivity contribution in [3.63, 3.8) is 0 Å². The quantitative estimate of drug-likeness (QED) is 0.796. The van der Waals surface area contributed by atoms with Crippen molar-refractivity contribution in [3.8, 4) is 0 Å². The van der Waals surface area contributed by atoms with Crippen molar-refractivity contribution in [1.29, 1.82) is 0 Å². The molecule has 0 atom stereocenters. The first-order chi connectivity index (χ1) is 9.34. The Labute approximate surface area is 122 Å². The highest BCUT2D eigenvalue weighted by atomic mass is 79.9. The van der Waals surface area contributed by atoms with Crippen LogP contribution in [0.4, 0.5) is 0 Å². The van der Waals surface area contributed by atoms with Crippen LogP contribution in [0.3, 0.4) is 0 Å². The Morgan fingerprint density at radius 3 is 2.68 bits per heavy atom. The molecule has 1 heterocycles. The van der Waals surface area contributed by atoms with Crippen molar-refractivity contribution in [1.82, 2.24) is 10.3 Å². The highest BCUT2D eigenvalue weighted by Crippen LogP contribution is 2.10. The molecule has 2 rings (SSSR count). The predicted molar refractivity (Wildman–Crippen MR) is 79.7 cm³/mol. The molecule has 3 nitrogen and oxygen atoms in total. The molecule has 0 saturated heterocycles. The summed E-state index contributed by atoms with van der Waals surface area (Å²) in [4.78, 5) is 4.24. The molecule has 2 aromatic rings. The first-order valence-corrected chi connectivity index (χ1v) is 7.07. The number of benzene rings is 1. The Hall–Kier alpha value is -1.23. The maximum atomic E-state index is 5.60. The molecule has 0 fully saturated rings. The molecule has 0 aliphatic carbocycles. The number of aromatic nitrogens is 1. The van der Waals surface area contributed by atoms with E-state index in [1.165, 1.54) is 5.56 Å². The molecule has 1 aromatic heterocycles. The largest absolute Gasteiger partial charge is 0.375 e. The summed E-state index contributed by atoms with van der Waals surface area (Å²) in [7, 11) is 0. The van der Waals surface area contributed by atoms with Gasteiger partial charge in [0.15, 0.2) is 0 Å². The molecular weight excluding hydrogens is 304 g/mol. The van der Waals surface area contributed by atoms with Gasteiger partial charge in [0.2, 0.25) is 0 Å². The smallest absolute Gasteiger partial charge is 0.0717 e. The zero-order valence-corrected chi connectivity index (χ0v) is 12.3. The minimum atomic E-state index is 0.651. The summed E-state index contributed by atoms with van der Waals surface area (Å²) in [5, 5.41) is 3.30. The molecule has 100 valence electrons. The van der Waals surface area contributed by atoms with E-state index in [-0.39, 0.29) is 0 Å². The molecule has 0 spiro atoms. The Bertz CT molecular complexity index is 473. The number of halogens is 1. The average molecular weight is 321 g/mol. The van der Waals surface area contributed by atoms with Crippen molar-refractivity contribution < 1.29 is 4.74 Å². The molecule has 0 bridgehead atoms. The summed E-state index contributed by atoms with van der Waals surface area (Å²) in [6.07, 6.45) is 1.81. The van der Waals surface area contributed by atoms with E-state index in [0.29, 0.717) is 13.2 Å². The second-order valence-corrected chi connectivity index (χ2v) is 5.09. The van der Waals surface area contributed by atoms with Crippen molar-refractivity contribution in [2.24, 2.45) is 0 Å². The van der Waals surface area contributed by atoms with Gasteiger partial charge in [-0.05, 0) is 29.8 Å². The average Bonchev–Trinajstić information content (AvgIpc) is 2.46. The lowest BCUT2D eigenvalue weighted by Crippen LogP contribution is -2.19. The van der Waals surface area contributed by atoms with Gasteiger partial charge in [-0.2, -0.15) is 0 Å². The number of pyridine rings is 1. The van der Waals surface area contributed by atoms with Gasteiger partial charge in [-0.15, -0.1) is 0 Å². The number of hydrogen-bond donors (Lipinski definition) is 1. The number of rotatable bonds is 7. The molecule has 1 N–H and O–H groups in total. The maximum Gasteiger partial charge on any atom is 0.0717 e. The number of hydrogen-bond acceptors (Lipinski definition) is 3. The lowest BCUT2D eigenvalue weighted by atomic mass is 10.2. The summed E-state index contributed by atoms with van der Waals surface area (Å²) in [6.45, 7) is 2.96. The van der Waals surface area contributed by atoms with Crippen LogP contribution in [0.5, 0.6) is 0 Å². The van der Waals surface area contributed by atoms with Crippen LogP contribution < -0.4 is 5.32 Å². The zero-order chi connectivity index (χ0) is 13.3. The second kappa shape index (κ2) is 8.04. The molecule has 19 heavy (non-hydrogen) atoms. The van der Waals surface area contributed by atoms with Crippen LogP contribution in [0.25, 0.3) is 0 Å². The Kier molecular flexibility index (Phi) is 6.01. The summed E-state index contributed by atoms with van der Waals surface area (Å²) >= 11 is 3.41. The van der Waals surface area contributed by atoms with E-state index in [2.05, 4.69) is 38.4 Å². The third kappa shape index (κ3) is 5.51. The van der Waals surface area contributed by atoms with Gasteiger partial charge in [0, 0.05) is 23.8 Å². The third-order valence-corrected chi connectivity index (χ3v) is 3.17. The van der Waals surface area contributed by atoms with E-state index in [9.17, 15) is 0 Å². The van der Waals surface area contributed by atoms with Gasteiger partial charge >= 0.3 is 0 Å². The number of nitrogens with zero attached hydrogens (tertiary/aromatic N) is 1. The van der Waals surface area contributed by atoms with Crippen LogP contribution >= 0.6 is 15.9 Å². The molecular formula is C15H17BrN2O. The third-order valence-electron chi connectivity index (χ3n) is 2.64. The van der Waals surface area contributed by atoms with E-state index >= 15 is 0 Å². The topological polar surface area (TPSA) is 34.1 Å². The van der Waals surface area contributed by atoms with E-state index in [4.69, 9.17) is 4.74 Å². The summed E-state index contributed by atoms with van der Waals surface area (Å²) in [5.74, 6) is 0. The van der Waals surface area contributed by atoms with E-state index in [1.54, 1.807) is 6.20 Å². The van der Waals surface area contributed by atoms with E-state index in [0.717, 1.165) is 23.3 Å². The Morgan fingerprint density at radius 1 is 1.11 bits per heavy atom. The van der Waals surface area contributed by atoms with Gasteiger partial charge in [-0.3, -0.25) is 4.98 Å². The van der Waals surface area contributed by atoms with Crippen LogP contribution in [0.15, 0.2) is 53.1 Å². The molecule has 0 saturated carbocycles. The highest BCUT2D eigenvalue weighted by molar-refractivity contribution is 9.10. The van der Waals surface area contributed by atoms with Crippen molar-refractivity contribution in [2.75, 3.05) is 13.2 Å². The molecule has 0 radical (unpaired) electrons. The molecule has 1 aromatic carbocycles. The standard InChI is InChI=1S/C15H17BrN2O/c16-14-6-4-13(5-7-14)12-19-10-9-17-11-15-3-1-2-8-18-15/h1-8,17H,9-12H2. The van der Waals surface area contributed by atoms with Crippen LogP contribution in [-0.2, 0) is 17.9 Å². The highest BCUT2D eigenvalue weighted by Gasteiger charge is 1.95. The number of nitrogens with one attached hydrogen (secondary N) is 1. The second-order valence-electron chi connectivity index (χ2n) is 4.18. The summed E-state index contributed by atoms with van der Waals surface area (Å²) in [5.41, 5.74) is 2.24. The van der Waals surface area contributed by atoms with E-state index < -0.39 is 0 Å². The van der Waals surface area contributed by atoms with Crippen LogP contribution in [0.1, 0.15) is 11.3 Å². The van der Waals surface area contributed by atoms with Crippen LogP contribution in [0.2, 0.25) is 0 Å². The minimum absolute atomic E-state index is 0.651. The van der Waals surface area contributed by atoms with Gasteiger partial charge in [0.05, 0.1) is 18.9 Å². The van der Waals surface area contributed by atoms with Gasteiger partial charge in [-0.1, -0.05) is 34.1 Å². The molecule has 0 aliphatic heterocycles. The first kappa shape index (κ1) is 14.2. The predicted octanol–water partition coefficient (Wildman–Crippen LogP) is 3.15. The van der Waals surface area contributed by atoms with Crippen molar-refractivity contribution in [3.05, 3.63) is 64.4 Å². The molecule has 0 amide bonds. The van der Waals surface area contributed by atoms with Crippen molar-refractivity contribution >= 4 is 15.9 Å². The monoisotopic (exact) mass is 320 g/mol. The van der Waals surface area contributed by atoms with Gasteiger partial charge in [0.1, 0.15) is 0 Å². The summed E-state index contributed by atoms with van der Waals surface area (Å²) < 4.78 is 6.69. The Balaban J connectivity index is 1.56. The number of ether oxygens (including phenoxy) is 1. The SMILES string of the molecule is Brc1ccc(COCCNCc2ccccn2)cc1. The van der Waals surface area contributed by atoms with Gasteiger partial charge in [0.25, 0.3) is 0 Å². The molecule has 0 aliphatic rings. The van der Waals surface area contributed by atoms with Crippen LogP contribution in [0, 0.1) is 0 Å². The normalized spacial score (nSPS) is 10.6. The summed E-state index contributed by atoms with van der Waals surface area (Å²) in [6, 6.07) is 14.1. The van der Waals surface area contributed by atoms with Crippen molar-refractivity contribution in [2.45, 2.75) is 13.2 Å². The lowest BCUT2D eigenvalue weighted by molar-refractivity contribution is 0.122. The fraction of sp³-hybridized carbons (Fsp3) is 0.267. The van der Waals surface area contributed by atoms with Crippen LogP contribution in [-0.4, -0.2) is 18.1 Å².